The van der Waals surface area contributed by atoms with E-state index in [0.717, 1.165) is 19.3 Å². The molecule has 0 aromatic carbocycles. The second-order valence-electron chi connectivity index (χ2n) is 16.7. The van der Waals surface area contributed by atoms with E-state index in [1.54, 1.807) is 4.90 Å². The molecule has 1 saturated carbocycles. The number of likely N-dealkylation sites (tertiary alicyclic amines) is 1. The maximum absolute atomic E-state index is 14.8. The number of ether oxygens (including phenoxy) is 1. The Morgan fingerprint density at radius 2 is 1.62 bits per heavy atom. The molecule has 2 unspecified atom stereocenters. The number of carbonyl (C=O) groups is 6. The largest absolute Gasteiger partial charge is 0.447 e. The zero-order valence-corrected chi connectivity index (χ0v) is 33.1. The number of carbonyl (C=O) groups excluding carboxylic acids is 6. The van der Waals surface area contributed by atoms with Gasteiger partial charge in [-0.15, -0.1) is 12.3 Å². The van der Waals surface area contributed by atoms with Gasteiger partial charge in [-0.3, -0.25) is 19.2 Å². The van der Waals surface area contributed by atoms with E-state index in [4.69, 9.17) is 11.2 Å². The summed E-state index contributed by atoms with van der Waals surface area (Å²) in [6.45, 7) is 18.6. The minimum Gasteiger partial charge on any atom is -0.447 e. The van der Waals surface area contributed by atoms with E-state index in [1.165, 1.54) is 0 Å². The molecule has 5 N–H and O–H groups in total. The van der Waals surface area contributed by atoms with E-state index in [2.05, 4.69) is 32.5 Å². The quantitative estimate of drug-likeness (QED) is 0.110. The van der Waals surface area contributed by atoms with Crippen LogP contribution in [0.25, 0.3) is 0 Å². The Hall–Kier alpha value is -3.82. The van der Waals surface area contributed by atoms with Crippen LogP contribution >= 0.6 is 0 Å². The zero-order chi connectivity index (χ0) is 39.2. The second kappa shape index (κ2) is 20.4. The summed E-state index contributed by atoms with van der Waals surface area (Å²) < 4.78 is 5.46. The van der Waals surface area contributed by atoms with Crippen molar-refractivity contribution in [2.24, 2.45) is 28.6 Å². The third kappa shape index (κ3) is 13.0. The van der Waals surface area contributed by atoms with Crippen LogP contribution in [0.4, 0.5) is 9.59 Å². The summed E-state index contributed by atoms with van der Waals surface area (Å²) in [6, 6.07) is -4.18. The molecule has 52 heavy (non-hydrogen) atoms. The van der Waals surface area contributed by atoms with Gasteiger partial charge in [-0.1, -0.05) is 81.6 Å². The molecule has 0 radical (unpaired) electrons. The topological polar surface area (TPSA) is 175 Å². The molecule has 1 heterocycles. The first-order valence-electron chi connectivity index (χ1n) is 19.2. The van der Waals surface area contributed by atoms with Gasteiger partial charge < -0.3 is 36.2 Å². The molecule has 294 valence electrons. The van der Waals surface area contributed by atoms with Crippen LogP contribution in [0.2, 0.25) is 0 Å². The number of ketones is 1. The predicted octanol–water partition coefficient (Wildman–Crippen LogP) is 4.29. The molecule has 2 fully saturated rings. The van der Waals surface area contributed by atoms with E-state index >= 15 is 0 Å². The number of nitrogens with one attached hydrogen (secondary N) is 5. The summed E-state index contributed by atoms with van der Waals surface area (Å²) in [5, 5.41) is 14.0. The summed E-state index contributed by atoms with van der Waals surface area (Å²) in [5.41, 5.74) is -1.08. The van der Waals surface area contributed by atoms with Crippen LogP contribution in [0, 0.1) is 40.9 Å². The lowest BCUT2D eigenvalue weighted by molar-refractivity contribution is -0.145. The molecule has 1 aliphatic carbocycles. The smallest absolute Gasteiger partial charge is 0.407 e. The van der Waals surface area contributed by atoms with Crippen LogP contribution in [-0.2, 0) is 23.9 Å². The number of Topliss-reactive ketones (excluding diaryl/α,β-unsaturated/α-hetero) is 1. The first kappa shape index (κ1) is 44.3. The fraction of sp³-hybridized carbons (Fsp3) is 0.795. The van der Waals surface area contributed by atoms with E-state index in [9.17, 15) is 28.8 Å². The van der Waals surface area contributed by atoms with Gasteiger partial charge in [0.05, 0.1) is 12.1 Å². The minimum absolute atomic E-state index is 0.0199. The fourth-order valence-corrected chi connectivity index (χ4v) is 7.02. The lowest BCUT2D eigenvalue weighted by Crippen LogP contribution is -2.63. The molecule has 5 atom stereocenters. The highest BCUT2D eigenvalue weighted by Gasteiger charge is 2.50. The van der Waals surface area contributed by atoms with Gasteiger partial charge in [0.15, 0.2) is 0 Å². The highest BCUT2D eigenvalue weighted by molar-refractivity contribution is 6.38. The van der Waals surface area contributed by atoms with E-state index in [1.807, 2.05) is 62.3 Å². The zero-order valence-electron chi connectivity index (χ0n) is 33.1. The Balaban J connectivity index is 2.39. The van der Waals surface area contributed by atoms with E-state index < -0.39 is 64.7 Å². The van der Waals surface area contributed by atoms with Crippen LogP contribution in [0.5, 0.6) is 0 Å². The molecule has 6 amide bonds. The van der Waals surface area contributed by atoms with Crippen molar-refractivity contribution in [2.45, 2.75) is 144 Å². The Labute approximate surface area is 311 Å². The lowest BCUT2D eigenvalue weighted by Gasteiger charge is -2.43. The number of terminal acetylenes is 1. The normalized spacial score (nSPS) is 20.2. The average Bonchev–Trinajstić information content (AvgIpc) is 3.54. The third-order valence-corrected chi connectivity index (χ3v) is 10.4. The van der Waals surface area contributed by atoms with Gasteiger partial charge in [0.25, 0.3) is 5.91 Å². The van der Waals surface area contributed by atoms with Gasteiger partial charge in [-0.2, -0.15) is 0 Å². The van der Waals surface area contributed by atoms with Crippen molar-refractivity contribution in [1.82, 2.24) is 31.5 Å². The number of alkyl carbamates (subject to hydrolysis) is 1. The lowest BCUT2D eigenvalue weighted by atomic mass is 9.70. The fourth-order valence-electron chi connectivity index (χ4n) is 7.02. The molecule has 2 aliphatic rings. The standard InChI is InChI=1S/C39H66N6O7/c1-11-13-17-28(31(46)34(48)40-21-12-2)42-33(47)30-27(26(5)6)18-22-45(30)35(49)32(39(10)19-15-14-16-20-39)44-36(50)43-29(38(7,8)9)24-52-37(51)41-23-25(3)4/h1,25-30,32H,12-24H2,2-10H3,(H,40,48)(H,41,51)(H,42,47)(H2,43,44,50)/t27?,28?,29-,30+,32-/m1/s1. The molecule has 2 rings (SSSR count). The van der Waals surface area contributed by atoms with Crippen molar-refractivity contribution in [3.63, 3.8) is 0 Å². The first-order valence-corrected chi connectivity index (χ1v) is 19.2. The van der Waals surface area contributed by atoms with Crippen LogP contribution in [0.15, 0.2) is 0 Å². The molecule has 0 bridgehead atoms. The molecular weight excluding hydrogens is 664 g/mol. The van der Waals surface area contributed by atoms with Crippen molar-refractivity contribution in [3.8, 4) is 12.3 Å². The summed E-state index contributed by atoms with van der Waals surface area (Å²) >= 11 is 0. The van der Waals surface area contributed by atoms with Crippen molar-refractivity contribution in [3.05, 3.63) is 0 Å². The highest BCUT2D eigenvalue weighted by Crippen LogP contribution is 2.41. The van der Waals surface area contributed by atoms with Crippen LogP contribution < -0.4 is 26.6 Å². The Morgan fingerprint density at radius 1 is 0.962 bits per heavy atom. The molecule has 0 aromatic heterocycles. The summed E-state index contributed by atoms with van der Waals surface area (Å²) in [4.78, 5) is 82.4. The predicted molar refractivity (Wildman–Crippen MR) is 201 cm³/mol. The minimum atomic E-state index is -1.15. The molecule has 1 saturated heterocycles. The summed E-state index contributed by atoms with van der Waals surface area (Å²) in [6.07, 6.45) is 10.6. The number of hydrogen-bond acceptors (Lipinski definition) is 7. The molecular formula is C39H66N6O7. The number of urea groups is 1. The Bertz CT molecular complexity index is 1280. The van der Waals surface area contributed by atoms with Crippen LogP contribution in [0.3, 0.4) is 0 Å². The monoisotopic (exact) mass is 730 g/mol. The molecule has 0 aromatic rings. The van der Waals surface area contributed by atoms with Crippen molar-refractivity contribution in [2.75, 3.05) is 26.2 Å². The van der Waals surface area contributed by atoms with Crippen LogP contribution in [0.1, 0.15) is 120 Å². The van der Waals surface area contributed by atoms with Crippen LogP contribution in [-0.4, -0.2) is 90.9 Å². The van der Waals surface area contributed by atoms with Gasteiger partial charge in [0.1, 0.15) is 18.7 Å². The van der Waals surface area contributed by atoms with E-state index in [-0.39, 0.29) is 43.1 Å². The average molecular weight is 731 g/mol. The maximum Gasteiger partial charge on any atom is 0.407 e. The van der Waals surface area contributed by atoms with Gasteiger partial charge in [0.2, 0.25) is 17.6 Å². The summed E-state index contributed by atoms with van der Waals surface area (Å²) in [5.74, 6) is 0.0512. The van der Waals surface area contributed by atoms with E-state index in [0.29, 0.717) is 45.3 Å². The van der Waals surface area contributed by atoms with Crippen molar-refractivity contribution in [1.29, 1.82) is 0 Å². The maximum atomic E-state index is 14.8. The number of nitrogens with zero attached hydrogens (tertiary/aromatic N) is 1. The first-order chi connectivity index (χ1) is 24.4. The third-order valence-electron chi connectivity index (χ3n) is 10.4. The number of hydrogen-bond donors (Lipinski definition) is 5. The van der Waals surface area contributed by atoms with Crippen molar-refractivity contribution < 1.29 is 33.5 Å². The van der Waals surface area contributed by atoms with Gasteiger partial charge in [-0.25, -0.2) is 9.59 Å². The van der Waals surface area contributed by atoms with Gasteiger partial charge in [0, 0.05) is 26.1 Å². The van der Waals surface area contributed by atoms with Gasteiger partial charge in [-0.05, 0) is 60.7 Å². The molecule has 13 nitrogen and oxygen atoms in total. The number of rotatable bonds is 17. The van der Waals surface area contributed by atoms with Gasteiger partial charge >= 0.3 is 12.1 Å². The molecule has 0 spiro atoms. The number of amides is 6. The second-order valence-corrected chi connectivity index (χ2v) is 16.7. The summed E-state index contributed by atoms with van der Waals surface area (Å²) in [7, 11) is 0. The SMILES string of the molecule is C#CCCC(NC(=O)[C@@H]1C(C(C)C)CCN1C(=O)[C@@H](NC(=O)N[C@H](COC(=O)NCC(C)C)C(C)(C)C)C1(C)CCCCC1)C(=O)C(=O)NCCC. The Morgan fingerprint density at radius 3 is 2.17 bits per heavy atom. The molecule has 1 aliphatic heterocycles. The van der Waals surface area contributed by atoms with Crippen molar-refractivity contribution >= 4 is 35.6 Å². The highest BCUT2D eigenvalue weighted by atomic mass is 16.5. The Kier molecular flexibility index (Phi) is 17.4. The molecule has 13 heteroatoms.